The fourth-order valence-electron chi connectivity index (χ4n) is 1.93. The Balaban J connectivity index is 2.76. The first kappa shape index (κ1) is 14.7. The van der Waals surface area contributed by atoms with Crippen molar-refractivity contribution in [1.29, 1.82) is 0 Å². The van der Waals surface area contributed by atoms with Gasteiger partial charge in [-0.2, -0.15) is 0 Å². The highest BCUT2D eigenvalue weighted by Gasteiger charge is 2.14. The number of ketones is 1. The zero-order valence-electron chi connectivity index (χ0n) is 11.6. The van der Waals surface area contributed by atoms with Crippen molar-refractivity contribution in [2.24, 2.45) is 0 Å². The van der Waals surface area contributed by atoms with Gasteiger partial charge in [-0.25, -0.2) is 0 Å². The van der Waals surface area contributed by atoms with Crippen LogP contribution in [-0.4, -0.2) is 36.9 Å². The third kappa shape index (κ3) is 4.15. The van der Waals surface area contributed by atoms with Crippen molar-refractivity contribution in [2.45, 2.75) is 27.2 Å². The molecule has 100 valence electrons. The molecule has 18 heavy (non-hydrogen) atoms. The smallest absolute Gasteiger partial charge is 0.180 e. The average molecular weight is 249 g/mol. The first-order valence-corrected chi connectivity index (χ1v) is 6.70. The molecule has 0 radical (unpaired) electrons. The van der Waals surface area contributed by atoms with Crippen LogP contribution in [0.15, 0.2) is 24.3 Å². The van der Waals surface area contributed by atoms with Gasteiger partial charge in [-0.05, 0) is 38.6 Å². The molecule has 1 rings (SSSR count). The van der Waals surface area contributed by atoms with Crippen LogP contribution in [-0.2, 0) is 0 Å². The molecular formula is C15H23NO2. The summed E-state index contributed by atoms with van der Waals surface area (Å²) in [7, 11) is 0. The third-order valence-corrected chi connectivity index (χ3v) is 2.84. The SMILES string of the molecule is CCCN(CC)CC(=O)c1ccccc1OCC. The first-order valence-electron chi connectivity index (χ1n) is 6.70. The molecule has 1 aromatic rings. The number of ether oxygens (including phenoxy) is 1. The highest BCUT2D eigenvalue weighted by molar-refractivity contribution is 6.00. The molecule has 0 N–H and O–H groups in total. The van der Waals surface area contributed by atoms with Crippen LogP contribution in [0.3, 0.4) is 0 Å². The number of benzene rings is 1. The van der Waals surface area contributed by atoms with E-state index in [1.807, 2.05) is 31.2 Å². The van der Waals surface area contributed by atoms with Gasteiger partial charge in [0.1, 0.15) is 5.75 Å². The van der Waals surface area contributed by atoms with Gasteiger partial charge in [-0.15, -0.1) is 0 Å². The van der Waals surface area contributed by atoms with Crippen molar-refractivity contribution >= 4 is 5.78 Å². The van der Waals surface area contributed by atoms with Crippen molar-refractivity contribution in [3.05, 3.63) is 29.8 Å². The second-order valence-corrected chi connectivity index (χ2v) is 4.22. The van der Waals surface area contributed by atoms with E-state index in [0.29, 0.717) is 24.5 Å². The summed E-state index contributed by atoms with van der Waals surface area (Å²) in [6.07, 6.45) is 1.06. The fraction of sp³-hybridized carbons (Fsp3) is 0.533. The van der Waals surface area contributed by atoms with Crippen LogP contribution in [0.1, 0.15) is 37.6 Å². The number of nitrogens with zero attached hydrogens (tertiary/aromatic N) is 1. The van der Waals surface area contributed by atoms with E-state index >= 15 is 0 Å². The number of carbonyl (C=O) groups is 1. The van der Waals surface area contributed by atoms with Crippen LogP contribution >= 0.6 is 0 Å². The zero-order chi connectivity index (χ0) is 13.4. The number of para-hydroxylation sites is 1. The van der Waals surface area contributed by atoms with E-state index in [1.54, 1.807) is 0 Å². The van der Waals surface area contributed by atoms with E-state index < -0.39 is 0 Å². The van der Waals surface area contributed by atoms with Crippen LogP contribution in [0, 0.1) is 0 Å². The summed E-state index contributed by atoms with van der Waals surface area (Å²) in [5.74, 6) is 0.826. The van der Waals surface area contributed by atoms with E-state index in [1.165, 1.54) is 0 Å². The van der Waals surface area contributed by atoms with Crippen LogP contribution in [0.4, 0.5) is 0 Å². The lowest BCUT2D eigenvalue weighted by Gasteiger charge is -2.19. The van der Waals surface area contributed by atoms with Crippen LogP contribution in [0.25, 0.3) is 0 Å². The Labute approximate surface area is 110 Å². The van der Waals surface area contributed by atoms with Gasteiger partial charge < -0.3 is 4.74 Å². The molecule has 3 heteroatoms. The van der Waals surface area contributed by atoms with Gasteiger partial charge >= 0.3 is 0 Å². The lowest BCUT2D eigenvalue weighted by Crippen LogP contribution is -2.30. The van der Waals surface area contributed by atoms with Gasteiger partial charge in [0.05, 0.1) is 18.7 Å². The van der Waals surface area contributed by atoms with E-state index in [9.17, 15) is 4.79 Å². The van der Waals surface area contributed by atoms with Crippen LogP contribution in [0.2, 0.25) is 0 Å². The Kier molecular flexibility index (Phi) is 6.44. The molecule has 1 aromatic carbocycles. The lowest BCUT2D eigenvalue weighted by molar-refractivity contribution is 0.0930. The lowest BCUT2D eigenvalue weighted by atomic mass is 10.1. The third-order valence-electron chi connectivity index (χ3n) is 2.84. The summed E-state index contributed by atoms with van der Waals surface area (Å²) in [6.45, 7) is 9.04. The van der Waals surface area contributed by atoms with Gasteiger partial charge in [-0.3, -0.25) is 9.69 Å². The molecule has 0 spiro atoms. The number of carbonyl (C=O) groups excluding carboxylic acids is 1. The zero-order valence-corrected chi connectivity index (χ0v) is 11.6. The molecule has 0 aliphatic rings. The van der Waals surface area contributed by atoms with E-state index in [-0.39, 0.29) is 5.78 Å². The van der Waals surface area contributed by atoms with Gasteiger partial charge in [0, 0.05) is 0 Å². The number of Topliss-reactive ketones (excluding diaryl/α,β-unsaturated/α-hetero) is 1. The van der Waals surface area contributed by atoms with Crippen molar-refractivity contribution < 1.29 is 9.53 Å². The second kappa shape index (κ2) is 7.88. The van der Waals surface area contributed by atoms with Crippen LogP contribution < -0.4 is 4.74 Å². The minimum atomic E-state index is 0.134. The summed E-state index contributed by atoms with van der Waals surface area (Å²) in [5, 5.41) is 0. The van der Waals surface area contributed by atoms with Gasteiger partial charge in [0.15, 0.2) is 5.78 Å². The fourth-order valence-corrected chi connectivity index (χ4v) is 1.93. The first-order chi connectivity index (χ1) is 8.72. The summed E-state index contributed by atoms with van der Waals surface area (Å²) in [4.78, 5) is 14.4. The largest absolute Gasteiger partial charge is 0.493 e. The van der Waals surface area contributed by atoms with Crippen molar-refractivity contribution in [2.75, 3.05) is 26.2 Å². The molecule has 0 atom stereocenters. The maximum atomic E-state index is 12.3. The number of rotatable bonds is 8. The number of likely N-dealkylation sites (N-methyl/N-ethyl adjacent to an activating group) is 1. The van der Waals surface area contributed by atoms with Crippen molar-refractivity contribution in [3.8, 4) is 5.75 Å². The van der Waals surface area contributed by atoms with E-state index in [4.69, 9.17) is 4.74 Å². The molecule has 0 unspecified atom stereocenters. The number of hydrogen-bond donors (Lipinski definition) is 0. The molecule has 0 saturated heterocycles. The molecule has 0 aromatic heterocycles. The molecule has 0 bridgehead atoms. The molecule has 0 fully saturated rings. The number of hydrogen-bond acceptors (Lipinski definition) is 3. The maximum Gasteiger partial charge on any atom is 0.180 e. The minimum absolute atomic E-state index is 0.134. The Morgan fingerprint density at radius 1 is 1.22 bits per heavy atom. The molecule has 3 nitrogen and oxygen atoms in total. The standard InChI is InChI=1S/C15H23NO2/c1-4-11-16(5-2)12-14(17)13-9-7-8-10-15(13)18-6-3/h7-10H,4-6,11-12H2,1-3H3. The molecule has 0 aliphatic carbocycles. The topological polar surface area (TPSA) is 29.5 Å². The van der Waals surface area contributed by atoms with Crippen LogP contribution in [0.5, 0.6) is 5.75 Å². The molecule has 0 amide bonds. The summed E-state index contributed by atoms with van der Waals surface area (Å²) in [6, 6.07) is 7.47. The Morgan fingerprint density at radius 3 is 2.56 bits per heavy atom. The molecule has 0 aliphatic heterocycles. The summed E-state index contributed by atoms with van der Waals surface area (Å²) >= 11 is 0. The Bertz CT molecular complexity index is 377. The summed E-state index contributed by atoms with van der Waals surface area (Å²) in [5.41, 5.74) is 0.689. The normalized spacial score (nSPS) is 10.7. The van der Waals surface area contributed by atoms with Gasteiger partial charge in [0.25, 0.3) is 0 Å². The quantitative estimate of drug-likeness (QED) is 0.663. The molecule has 0 saturated carbocycles. The Morgan fingerprint density at radius 2 is 1.94 bits per heavy atom. The van der Waals surface area contributed by atoms with E-state index in [2.05, 4.69) is 18.7 Å². The predicted octanol–water partition coefficient (Wildman–Crippen LogP) is 3.00. The van der Waals surface area contributed by atoms with Crippen molar-refractivity contribution in [1.82, 2.24) is 4.90 Å². The Hall–Kier alpha value is -1.35. The molecular weight excluding hydrogens is 226 g/mol. The highest BCUT2D eigenvalue weighted by atomic mass is 16.5. The van der Waals surface area contributed by atoms with Gasteiger partial charge in [-0.1, -0.05) is 26.0 Å². The summed E-state index contributed by atoms with van der Waals surface area (Å²) < 4.78 is 5.49. The average Bonchev–Trinajstić information content (AvgIpc) is 2.39. The second-order valence-electron chi connectivity index (χ2n) is 4.22. The highest BCUT2D eigenvalue weighted by Crippen LogP contribution is 2.18. The van der Waals surface area contributed by atoms with Gasteiger partial charge in [0.2, 0.25) is 0 Å². The predicted molar refractivity (Wildman–Crippen MR) is 74.3 cm³/mol. The maximum absolute atomic E-state index is 12.3. The van der Waals surface area contributed by atoms with Crippen molar-refractivity contribution in [3.63, 3.8) is 0 Å². The van der Waals surface area contributed by atoms with E-state index in [0.717, 1.165) is 19.5 Å². The monoisotopic (exact) mass is 249 g/mol. The minimum Gasteiger partial charge on any atom is -0.493 e. The molecule has 0 heterocycles.